The molecule has 4 nitrogen and oxygen atoms in total. The van der Waals surface area contributed by atoms with Crippen LogP contribution in [-0.2, 0) is 13.2 Å². The Morgan fingerprint density at radius 3 is 2.52 bits per heavy atom. The van der Waals surface area contributed by atoms with Crippen LogP contribution in [-0.4, -0.2) is 15.7 Å². The lowest BCUT2D eigenvalue weighted by atomic mass is 10.2. The standard InChI is InChI=1S/C13H11ClF3N3O/c1-7-3-4-9(8(14)5-7)18-12(21)10-6-11(13(15,16)17)20(2)19-10/h3-6H,1-2H3,(H,18,21). The molecule has 112 valence electrons. The summed E-state index contributed by atoms with van der Waals surface area (Å²) >= 11 is 5.95. The molecule has 0 saturated carbocycles. The Labute approximate surface area is 123 Å². The second-order valence-electron chi connectivity index (χ2n) is 4.47. The maximum absolute atomic E-state index is 12.6. The van der Waals surface area contributed by atoms with Crippen LogP contribution in [0.5, 0.6) is 0 Å². The quantitative estimate of drug-likeness (QED) is 0.919. The van der Waals surface area contributed by atoms with Crippen molar-refractivity contribution in [1.82, 2.24) is 9.78 Å². The number of aromatic nitrogens is 2. The summed E-state index contributed by atoms with van der Waals surface area (Å²) in [5.74, 6) is -0.758. The molecule has 0 aliphatic heterocycles. The minimum Gasteiger partial charge on any atom is -0.319 e. The molecule has 1 aromatic heterocycles. The fourth-order valence-electron chi connectivity index (χ4n) is 1.75. The van der Waals surface area contributed by atoms with E-state index in [2.05, 4.69) is 10.4 Å². The number of benzene rings is 1. The number of carbonyl (C=O) groups is 1. The van der Waals surface area contributed by atoms with E-state index >= 15 is 0 Å². The van der Waals surface area contributed by atoms with Gasteiger partial charge in [-0.25, -0.2) is 0 Å². The van der Waals surface area contributed by atoms with Crippen LogP contribution in [0.15, 0.2) is 24.3 Å². The number of amides is 1. The van der Waals surface area contributed by atoms with E-state index in [4.69, 9.17) is 11.6 Å². The molecule has 0 bridgehead atoms. The molecule has 0 radical (unpaired) electrons. The van der Waals surface area contributed by atoms with Crippen molar-refractivity contribution in [3.8, 4) is 0 Å². The molecule has 8 heteroatoms. The van der Waals surface area contributed by atoms with Crippen molar-refractivity contribution in [1.29, 1.82) is 0 Å². The number of nitrogens with one attached hydrogen (secondary N) is 1. The summed E-state index contributed by atoms with van der Waals surface area (Å²) < 4.78 is 38.6. The molecule has 0 unspecified atom stereocenters. The van der Waals surface area contributed by atoms with Crippen LogP contribution in [0.4, 0.5) is 18.9 Å². The third-order valence-corrected chi connectivity index (χ3v) is 3.09. The van der Waals surface area contributed by atoms with Gasteiger partial charge in [-0.3, -0.25) is 9.48 Å². The SMILES string of the molecule is Cc1ccc(NC(=O)c2cc(C(F)(F)F)n(C)n2)c(Cl)c1. The number of anilines is 1. The van der Waals surface area contributed by atoms with Crippen molar-refractivity contribution in [3.63, 3.8) is 0 Å². The van der Waals surface area contributed by atoms with E-state index in [1.165, 1.54) is 0 Å². The third kappa shape index (κ3) is 3.36. The zero-order valence-corrected chi connectivity index (χ0v) is 11.9. The largest absolute Gasteiger partial charge is 0.433 e. The molecule has 0 spiro atoms. The van der Waals surface area contributed by atoms with Gasteiger partial charge in [-0.15, -0.1) is 0 Å². The topological polar surface area (TPSA) is 46.9 Å². The predicted molar refractivity (Wildman–Crippen MR) is 72.4 cm³/mol. The highest BCUT2D eigenvalue weighted by Gasteiger charge is 2.35. The molecule has 2 aromatic rings. The van der Waals surface area contributed by atoms with Gasteiger partial charge in [-0.2, -0.15) is 18.3 Å². The Hall–Kier alpha value is -2.02. The molecule has 0 fully saturated rings. The monoisotopic (exact) mass is 317 g/mol. The highest BCUT2D eigenvalue weighted by molar-refractivity contribution is 6.34. The fourth-order valence-corrected chi connectivity index (χ4v) is 2.03. The summed E-state index contributed by atoms with van der Waals surface area (Å²) in [6.45, 7) is 1.83. The summed E-state index contributed by atoms with van der Waals surface area (Å²) in [4.78, 5) is 11.9. The van der Waals surface area contributed by atoms with E-state index < -0.39 is 17.8 Å². The molecule has 1 amide bonds. The van der Waals surface area contributed by atoms with Crippen molar-refractivity contribution >= 4 is 23.2 Å². The number of nitrogens with zero attached hydrogens (tertiary/aromatic N) is 2. The van der Waals surface area contributed by atoms with Crippen LogP contribution in [0.25, 0.3) is 0 Å². The molecule has 2 rings (SSSR count). The predicted octanol–water partition coefficient (Wildman–Crippen LogP) is 3.65. The lowest BCUT2D eigenvalue weighted by Gasteiger charge is -2.06. The Morgan fingerprint density at radius 2 is 2.00 bits per heavy atom. The number of halogens is 4. The molecule has 21 heavy (non-hydrogen) atoms. The number of alkyl halides is 3. The maximum atomic E-state index is 12.6. The Kier molecular flexibility index (Phi) is 3.95. The van der Waals surface area contributed by atoms with Crippen LogP contribution >= 0.6 is 11.6 Å². The molecular weight excluding hydrogens is 307 g/mol. The first-order valence-electron chi connectivity index (χ1n) is 5.87. The summed E-state index contributed by atoms with van der Waals surface area (Å²) in [6, 6.07) is 5.62. The normalized spacial score (nSPS) is 11.5. The van der Waals surface area contributed by atoms with Gasteiger partial charge in [0.25, 0.3) is 5.91 Å². The van der Waals surface area contributed by atoms with Crippen LogP contribution in [0.1, 0.15) is 21.7 Å². The molecule has 1 aromatic carbocycles. The second kappa shape index (κ2) is 5.40. The third-order valence-electron chi connectivity index (χ3n) is 2.78. The van der Waals surface area contributed by atoms with Gasteiger partial charge in [0.05, 0.1) is 10.7 Å². The molecule has 1 N–H and O–H groups in total. The molecular formula is C13H11ClF3N3O. The van der Waals surface area contributed by atoms with Crippen LogP contribution in [0, 0.1) is 6.92 Å². The van der Waals surface area contributed by atoms with Gasteiger partial charge in [0, 0.05) is 13.1 Å². The van der Waals surface area contributed by atoms with E-state index in [0.717, 1.165) is 12.6 Å². The van der Waals surface area contributed by atoms with E-state index in [1.807, 2.05) is 6.92 Å². The van der Waals surface area contributed by atoms with Crippen LogP contribution in [0.2, 0.25) is 5.02 Å². The lowest BCUT2D eigenvalue weighted by molar-refractivity contribution is -0.143. The second-order valence-corrected chi connectivity index (χ2v) is 4.88. The van der Waals surface area contributed by atoms with E-state index in [-0.39, 0.29) is 5.69 Å². The number of hydrogen-bond acceptors (Lipinski definition) is 2. The first-order chi connectivity index (χ1) is 9.68. The number of rotatable bonds is 2. The van der Waals surface area contributed by atoms with E-state index in [0.29, 0.717) is 21.5 Å². The van der Waals surface area contributed by atoms with Gasteiger partial charge in [0.15, 0.2) is 5.69 Å². The highest BCUT2D eigenvalue weighted by Crippen LogP contribution is 2.29. The zero-order valence-electron chi connectivity index (χ0n) is 11.1. The first kappa shape index (κ1) is 15.4. The van der Waals surface area contributed by atoms with Crippen molar-refractivity contribution in [2.75, 3.05) is 5.32 Å². The zero-order chi connectivity index (χ0) is 15.8. The summed E-state index contributed by atoms with van der Waals surface area (Å²) in [6.07, 6.45) is -4.57. The smallest absolute Gasteiger partial charge is 0.319 e. The van der Waals surface area contributed by atoms with Crippen molar-refractivity contribution in [2.45, 2.75) is 13.1 Å². The molecule has 0 aliphatic carbocycles. The summed E-state index contributed by atoms with van der Waals surface area (Å²) in [7, 11) is 1.12. The average Bonchev–Trinajstić information content (AvgIpc) is 2.75. The number of hydrogen-bond donors (Lipinski definition) is 1. The van der Waals surface area contributed by atoms with E-state index in [9.17, 15) is 18.0 Å². The van der Waals surface area contributed by atoms with Crippen molar-refractivity contribution in [3.05, 3.63) is 46.2 Å². The first-order valence-corrected chi connectivity index (χ1v) is 6.25. The van der Waals surface area contributed by atoms with Crippen LogP contribution in [0.3, 0.4) is 0 Å². The fraction of sp³-hybridized carbons (Fsp3) is 0.231. The summed E-state index contributed by atoms with van der Waals surface area (Å²) in [5, 5.41) is 6.29. The molecule has 1 heterocycles. The molecule has 0 atom stereocenters. The number of carbonyl (C=O) groups excluding carboxylic acids is 1. The van der Waals surface area contributed by atoms with Gasteiger partial charge in [-0.1, -0.05) is 17.7 Å². The average molecular weight is 318 g/mol. The summed E-state index contributed by atoms with van der Waals surface area (Å²) in [5.41, 5.74) is -0.120. The van der Waals surface area contributed by atoms with Gasteiger partial charge in [-0.05, 0) is 24.6 Å². The Balaban J connectivity index is 2.25. The molecule has 0 aliphatic rings. The number of aryl methyl sites for hydroxylation is 2. The minimum absolute atomic E-state index is 0.301. The van der Waals surface area contributed by atoms with Gasteiger partial charge >= 0.3 is 6.18 Å². The van der Waals surface area contributed by atoms with Gasteiger partial charge in [0.1, 0.15) is 5.69 Å². The van der Waals surface area contributed by atoms with Gasteiger partial charge < -0.3 is 5.32 Å². The minimum atomic E-state index is -4.57. The van der Waals surface area contributed by atoms with E-state index in [1.54, 1.807) is 18.2 Å². The van der Waals surface area contributed by atoms with Crippen LogP contribution < -0.4 is 5.32 Å². The van der Waals surface area contributed by atoms with Crippen molar-refractivity contribution in [2.24, 2.45) is 7.05 Å². The molecule has 0 saturated heterocycles. The highest BCUT2D eigenvalue weighted by atomic mass is 35.5. The van der Waals surface area contributed by atoms with Gasteiger partial charge in [0.2, 0.25) is 0 Å². The lowest BCUT2D eigenvalue weighted by Crippen LogP contribution is -2.13. The van der Waals surface area contributed by atoms with Crippen molar-refractivity contribution < 1.29 is 18.0 Å². The maximum Gasteiger partial charge on any atom is 0.433 e. The Morgan fingerprint density at radius 1 is 1.33 bits per heavy atom. The Bertz CT molecular complexity index is 694.